The summed E-state index contributed by atoms with van der Waals surface area (Å²) in [5, 5.41) is 0. The van der Waals surface area contributed by atoms with Crippen molar-refractivity contribution in [3.63, 3.8) is 0 Å². The number of methoxy groups -OCH3 is 3. The first kappa shape index (κ1) is 30.0. The average Bonchev–Trinajstić information content (AvgIpc) is 3.75. The third-order valence-corrected chi connectivity index (χ3v) is 9.01. The van der Waals surface area contributed by atoms with Gasteiger partial charge in [0, 0.05) is 26.1 Å². The molecule has 0 amide bonds. The number of rotatable bonds is 11. The van der Waals surface area contributed by atoms with E-state index in [0.29, 0.717) is 0 Å². The predicted molar refractivity (Wildman–Crippen MR) is 170 cm³/mol. The number of esters is 1. The van der Waals surface area contributed by atoms with Gasteiger partial charge in [-0.25, -0.2) is 4.79 Å². The number of hydrogen-bond donors (Lipinski definition) is 0. The van der Waals surface area contributed by atoms with Crippen LogP contribution >= 0.6 is 0 Å². The summed E-state index contributed by atoms with van der Waals surface area (Å²) < 4.78 is 32.4. The molecule has 224 valence electrons. The Bertz CT molecular complexity index is 1370. The smallest absolute Gasteiger partial charge is 0.461 e. The van der Waals surface area contributed by atoms with Crippen LogP contribution in [0.4, 0.5) is 0 Å². The van der Waals surface area contributed by atoms with Gasteiger partial charge in [-0.2, -0.15) is 0 Å². The van der Waals surface area contributed by atoms with E-state index in [1.54, 1.807) is 14.2 Å². The largest absolute Gasteiger partial charge is 0.466 e. The minimum absolute atomic E-state index is 0.0469. The van der Waals surface area contributed by atoms with Gasteiger partial charge in [0.1, 0.15) is 23.4 Å². The molecule has 7 heteroatoms. The molecule has 44 heavy (non-hydrogen) atoms. The highest BCUT2D eigenvalue weighted by atomic mass is 16.7. The van der Waals surface area contributed by atoms with Gasteiger partial charge < -0.3 is 23.5 Å². The molecule has 0 unspecified atom stereocenters. The standard InChI is InChI=1S/C37H37BO6/c1-40-33(39)25-24-27-26-32(27)38-43-34(36(41-2,28-16-8-4-9-17-28)29-18-10-5-11-19-29)35(44-38)37(42-3,30-20-12-6-13-21-30)31-22-14-7-15-23-31/h4-25,27,32,34-35H,26H2,1-3H3/b25-24+/t27-,32+,34-,35-/m1/s1. The molecule has 4 atom stereocenters. The molecule has 6 nitrogen and oxygen atoms in total. The fraction of sp³-hybridized carbons (Fsp3) is 0.270. The number of benzene rings is 4. The van der Waals surface area contributed by atoms with E-state index >= 15 is 0 Å². The molecule has 1 aliphatic carbocycles. The van der Waals surface area contributed by atoms with Crippen LogP contribution in [0.3, 0.4) is 0 Å². The molecular weight excluding hydrogens is 551 g/mol. The van der Waals surface area contributed by atoms with Crippen molar-refractivity contribution in [3.8, 4) is 0 Å². The Hall–Kier alpha value is -4.01. The molecule has 1 saturated heterocycles. The minimum Gasteiger partial charge on any atom is -0.466 e. The Morgan fingerprint density at radius 1 is 0.659 bits per heavy atom. The van der Waals surface area contributed by atoms with Crippen LogP contribution in [0.15, 0.2) is 133 Å². The van der Waals surface area contributed by atoms with Crippen molar-refractivity contribution in [1.82, 2.24) is 0 Å². The first-order valence-corrected chi connectivity index (χ1v) is 15.0. The number of carbonyl (C=O) groups excluding carboxylic acids is 1. The predicted octanol–water partition coefficient (Wildman–Crippen LogP) is 6.56. The van der Waals surface area contributed by atoms with E-state index in [2.05, 4.69) is 48.5 Å². The summed E-state index contributed by atoms with van der Waals surface area (Å²) >= 11 is 0. The lowest BCUT2D eigenvalue weighted by Gasteiger charge is -2.47. The minimum atomic E-state index is -1.05. The molecule has 0 N–H and O–H groups in total. The van der Waals surface area contributed by atoms with E-state index in [0.717, 1.165) is 28.7 Å². The second-order valence-corrected chi connectivity index (χ2v) is 11.3. The maximum Gasteiger partial charge on any atom is 0.461 e. The van der Waals surface area contributed by atoms with Crippen LogP contribution in [0.1, 0.15) is 28.7 Å². The van der Waals surface area contributed by atoms with Crippen molar-refractivity contribution >= 4 is 13.1 Å². The molecule has 4 aromatic rings. The van der Waals surface area contributed by atoms with Gasteiger partial charge in [-0.15, -0.1) is 0 Å². The van der Waals surface area contributed by atoms with E-state index in [9.17, 15) is 4.79 Å². The average molecular weight is 589 g/mol. The van der Waals surface area contributed by atoms with Gasteiger partial charge in [0.15, 0.2) is 0 Å². The van der Waals surface area contributed by atoms with Crippen molar-refractivity contribution in [3.05, 3.63) is 156 Å². The van der Waals surface area contributed by atoms with Crippen LogP contribution in [0.25, 0.3) is 0 Å². The Morgan fingerprint density at radius 2 is 1.02 bits per heavy atom. The van der Waals surface area contributed by atoms with Crippen LogP contribution in [0, 0.1) is 5.92 Å². The second kappa shape index (κ2) is 12.9. The lowest BCUT2D eigenvalue weighted by Crippen LogP contribution is -2.56. The lowest BCUT2D eigenvalue weighted by molar-refractivity contribution is -0.136. The van der Waals surface area contributed by atoms with Crippen molar-refractivity contribution in [2.24, 2.45) is 5.92 Å². The molecule has 4 aromatic carbocycles. The Morgan fingerprint density at radius 3 is 1.34 bits per heavy atom. The molecule has 0 aromatic heterocycles. The van der Waals surface area contributed by atoms with Crippen molar-refractivity contribution in [1.29, 1.82) is 0 Å². The van der Waals surface area contributed by atoms with Gasteiger partial charge in [-0.05, 0) is 34.6 Å². The van der Waals surface area contributed by atoms with E-state index in [-0.39, 0.29) is 17.7 Å². The summed E-state index contributed by atoms with van der Waals surface area (Å²) in [6.45, 7) is 0. The quantitative estimate of drug-likeness (QED) is 0.112. The monoisotopic (exact) mass is 588 g/mol. The molecule has 1 saturated carbocycles. The third kappa shape index (κ3) is 5.31. The normalized spacial score (nSPS) is 21.8. The number of ether oxygens (including phenoxy) is 3. The van der Waals surface area contributed by atoms with Crippen LogP contribution < -0.4 is 0 Å². The summed E-state index contributed by atoms with van der Waals surface area (Å²) in [5.74, 6) is -0.210. The van der Waals surface area contributed by atoms with Gasteiger partial charge in [-0.3, -0.25) is 0 Å². The number of hydrogen-bond acceptors (Lipinski definition) is 6. The number of carbonyl (C=O) groups is 1. The Balaban J connectivity index is 1.55. The maximum absolute atomic E-state index is 11.8. The molecule has 6 rings (SSSR count). The van der Waals surface area contributed by atoms with Gasteiger partial charge in [0.05, 0.1) is 7.11 Å². The molecule has 2 fully saturated rings. The number of allylic oxidation sites excluding steroid dienone is 1. The fourth-order valence-electron chi connectivity index (χ4n) is 6.76. The summed E-state index contributed by atoms with van der Waals surface area (Å²) in [6.07, 6.45) is 2.91. The molecule has 0 spiro atoms. The van der Waals surface area contributed by atoms with Crippen molar-refractivity contribution in [2.45, 2.75) is 35.6 Å². The van der Waals surface area contributed by atoms with Crippen molar-refractivity contribution < 1.29 is 28.3 Å². The summed E-state index contributed by atoms with van der Waals surface area (Å²) in [7, 11) is 4.27. The topological polar surface area (TPSA) is 63.2 Å². The molecule has 1 heterocycles. The Labute approximate surface area is 259 Å². The lowest BCUT2D eigenvalue weighted by atomic mass is 9.71. The molecule has 0 bridgehead atoms. The highest BCUT2D eigenvalue weighted by Crippen LogP contribution is 2.56. The van der Waals surface area contributed by atoms with Gasteiger partial charge >= 0.3 is 13.1 Å². The van der Waals surface area contributed by atoms with Crippen molar-refractivity contribution in [2.75, 3.05) is 21.3 Å². The molecular formula is C37H37BO6. The van der Waals surface area contributed by atoms with Gasteiger partial charge in [0.25, 0.3) is 0 Å². The zero-order valence-electron chi connectivity index (χ0n) is 25.2. The molecule has 0 radical (unpaired) electrons. The maximum atomic E-state index is 11.8. The summed E-state index contributed by atoms with van der Waals surface area (Å²) in [5.41, 5.74) is 1.66. The van der Waals surface area contributed by atoms with E-state index in [1.807, 2.05) is 78.9 Å². The van der Waals surface area contributed by atoms with E-state index in [4.69, 9.17) is 23.5 Å². The highest BCUT2D eigenvalue weighted by Gasteiger charge is 2.65. The van der Waals surface area contributed by atoms with Crippen LogP contribution in [-0.4, -0.2) is 46.6 Å². The van der Waals surface area contributed by atoms with E-state index in [1.165, 1.54) is 13.2 Å². The van der Waals surface area contributed by atoms with Gasteiger partial charge in [-0.1, -0.05) is 127 Å². The first-order valence-electron chi connectivity index (χ1n) is 15.0. The van der Waals surface area contributed by atoms with Gasteiger partial charge in [0.2, 0.25) is 0 Å². The zero-order chi connectivity index (χ0) is 30.6. The zero-order valence-corrected chi connectivity index (χ0v) is 25.2. The van der Waals surface area contributed by atoms with Crippen LogP contribution in [0.2, 0.25) is 5.82 Å². The molecule has 2 aliphatic rings. The van der Waals surface area contributed by atoms with Crippen LogP contribution in [0.5, 0.6) is 0 Å². The Kier molecular flexibility index (Phi) is 8.82. The second-order valence-electron chi connectivity index (χ2n) is 11.3. The summed E-state index contributed by atoms with van der Waals surface area (Å²) in [6, 6.07) is 40.7. The first-order chi connectivity index (χ1) is 21.6. The SMILES string of the molecule is COC(=O)/C=C/[C@@H]1C[C@@H]1B1O[C@@H](C(OC)(c2ccccc2)c2ccccc2)[C@H](C(OC)(c2ccccc2)c2ccccc2)O1. The fourth-order valence-corrected chi connectivity index (χ4v) is 6.76. The molecule has 1 aliphatic heterocycles. The third-order valence-electron chi connectivity index (χ3n) is 9.01. The van der Waals surface area contributed by atoms with E-state index < -0.39 is 30.5 Å². The summed E-state index contributed by atoms with van der Waals surface area (Å²) in [4.78, 5) is 11.8. The highest BCUT2D eigenvalue weighted by molar-refractivity contribution is 6.48. The van der Waals surface area contributed by atoms with Crippen LogP contribution in [-0.2, 0) is 39.5 Å².